The third kappa shape index (κ3) is 2.13. The largest absolute Gasteiger partial charge is 0.330 e. The van der Waals surface area contributed by atoms with Crippen LogP contribution in [0.25, 0.3) is 16.7 Å². The van der Waals surface area contributed by atoms with Crippen molar-refractivity contribution in [2.45, 2.75) is 4.90 Å². The van der Waals surface area contributed by atoms with Crippen LogP contribution in [0.1, 0.15) is 5.56 Å². The van der Waals surface area contributed by atoms with Crippen molar-refractivity contribution < 1.29 is 0 Å². The molecule has 0 aliphatic heterocycles. The van der Waals surface area contributed by atoms with Gasteiger partial charge in [-0.1, -0.05) is 6.07 Å². The maximum absolute atomic E-state index is 9.05. The van der Waals surface area contributed by atoms with Gasteiger partial charge in [0.05, 0.1) is 22.7 Å². The molecule has 20 heavy (non-hydrogen) atoms. The molecule has 98 valence electrons. The Hall–Kier alpha value is -2.03. The Labute approximate surface area is 125 Å². The number of fused-ring (bicyclic) bond motifs is 1. The molecule has 0 saturated heterocycles. The second kappa shape index (κ2) is 5.16. The van der Waals surface area contributed by atoms with Crippen molar-refractivity contribution in [2.24, 2.45) is 0 Å². The first-order valence-corrected chi connectivity index (χ1v) is 7.65. The molecule has 0 aliphatic rings. The van der Waals surface area contributed by atoms with Crippen molar-refractivity contribution >= 4 is 35.0 Å². The van der Waals surface area contributed by atoms with E-state index in [1.807, 2.05) is 35.1 Å². The van der Waals surface area contributed by atoms with Crippen molar-refractivity contribution in [2.75, 3.05) is 6.26 Å². The minimum atomic E-state index is 0.626. The third-order valence-corrected chi connectivity index (χ3v) is 4.13. The molecule has 3 rings (SSSR count). The lowest BCUT2D eigenvalue weighted by Crippen LogP contribution is -1.94. The number of aromatic nitrogens is 2. The molecule has 1 heterocycles. The molecule has 0 spiro atoms. The van der Waals surface area contributed by atoms with E-state index in [-0.39, 0.29) is 0 Å². The monoisotopic (exact) mass is 297 g/mol. The number of benzene rings is 2. The molecule has 0 fully saturated rings. The normalized spacial score (nSPS) is 10.6. The van der Waals surface area contributed by atoms with Gasteiger partial charge in [0, 0.05) is 10.6 Å². The summed E-state index contributed by atoms with van der Waals surface area (Å²) in [6.45, 7) is 0. The smallest absolute Gasteiger partial charge is 0.182 e. The van der Waals surface area contributed by atoms with Crippen LogP contribution < -0.4 is 0 Å². The predicted molar refractivity (Wildman–Crippen MR) is 85.0 cm³/mol. The number of thioether (sulfide) groups is 1. The Bertz CT molecular complexity index is 884. The van der Waals surface area contributed by atoms with E-state index in [1.54, 1.807) is 17.8 Å². The topological polar surface area (TPSA) is 44.5 Å². The number of nitriles is 1. The Morgan fingerprint density at radius 1 is 1.25 bits per heavy atom. The lowest BCUT2D eigenvalue weighted by atomic mass is 10.2. The number of nitrogens with one attached hydrogen (secondary N) is 1. The highest BCUT2D eigenvalue weighted by atomic mass is 32.2. The molecule has 1 N–H and O–H groups in total. The SMILES string of the molecule is CSc1cccc(-n2c(=S)[nH]c3ccc(C#N)cc32)c1. The van der Waals surface area contributed by atoms with Crippen molar-refractivity contribution in [1.29, 1.82) is 5.26 Å². The van der Waals surface area contributed by atoms with Gasteiger partial charge in [-0.05, 0) is 54.9 Å². The lowest BCUT2D eigenvalue weighted by molar-refractivity contribution is 1.06. The summed E-state index contributed by atoms with van der Waals surface area (Å²) in [5.41, 5.74) is 3.49. The molecule has 5 heteroatoms. The maximum Gasteiger partial charge on any atom is 0.182 e. The Balaban J connectivity index is 2.32. The van der Waals surface area contributed by atoms with Gasteiger partial charge in [-0.25, -0.2) is 0 Å². The highest BCUT2D eigenvalue weighted by molar-refractivity contribution is 7.98. The summed E-state index contributed by atoms with van der Waals surface area (Å²) < 4.78 is 2.60. The van der Waals surface area contributed by atoms with Crippen LogP contribution in [0.5, 0.6) is 0 Å². The van der Waals surface area contributed by atoms with Crippen molar-refractivity contribution in [3.05, 3.63) is 52.8 Å². The summed E-state index contributed by atoms with van der Waals surface area (Å²) in [6, 6.07) is 15.9. The van der Waals surface area contributed by atoms with Gasteiger partial charge in [0.15, 0.2) is 4.77 Å². The molecule has 2 aromatic carbocycles. The van der Waals surface area contributed by atoms with Crippen molar-refractivity contribution in [1.82, 2.24) is 9.55 Å². The van der Waals surface area contributed by atoms with E-state index >= 15 is 0 Å². The molecule has 0 saturated carbocycles. The van der Waals surface area contributed by atoms with Crippen LogP contribution in [0, 0.1) is 16.1 Å². The van der Waals surface area contributed by atoms with Crippen LogP contribution in [0.15, 0.2) is 47.4 Å². The zero-order chi connectivity index (χ0) is 14.1. The standard InChI is InChI=1S/C15H11N3S2/c1-20-12-4-2-3-11(8-12)18-14-7-10(9-16)5-6-13(14)17-15(18)19/h2-8H,1H3,(H,17,19). The van der Waals surface area contributed by atoms with Gasteiger partial charge >= 0.3 is 0 Å². The number of aromatic amines is 1. The summed E-state index contributed by atoms with van der Waals surface area (Å²) >= 11 is 7.10. The maximum atomic E-state index is 9.05. The summed E-state index contributed by atoms with van der Waals surface area (Å²) in [7, 11) is 0. The average molecular weight is 297 g/mol. The van der Waals surface area contributed by atoms with E-state index in [2.05, 4.69) is 23.2 Å². The zero-order valence-corrected chi connectivity index (χ0v) is 12.4. The van der Waals surface area contributed by atoms with Gasteiger partial charge in [-0.15, -0.1) is 11.8 Å². The van der Waals surface area contributed by atoms with Crippen LogP contribution in [0.4, 0.5) is 0 Å². The average Bonchev–Trinajstić information content (AvgIpc) is 2.82. The molecule has 1 aromatic heterocycles. The van der Waals surface area contributed by atoms with E-state index in [0.717, 1.165) is 16.7 Å². The summed E-state index contributed by atoms with van der Waals surface area (Å²) in [4.78, 5) is 4.35. The fraction of sp³-hybridized carbons (Fsp3) is 0.0667. The van der Waals surface area contributed by atoms with Crippen LogP contribution in [-0.4, -0.2) is 15.8 Å². The third-order valence-electron chi connectivity index (χ3n) is 3.12. The van der Waals surface area contributed by atoms with E-state index < -0.39 is 0 Å². The number of imidazole rings is 1. The highest BCUT2D eigenvalue weighted by Gasteiger charge is 2.08. The first-order chi connectivity index (χ1) is 9.72. The van der Waals surface area contributed by atoms with Gasteiger partial charge in [-0.2, -0.15) is 5.26 Å². The molecule has 0 unspecified atom stereocenters. The van der Waals surface area contributed by atoms with E-state index in [1.165, 1.54) is 4.90 Å². The highest BCUT2D eigenvalue weighted by Crippen LogP contribution is 2.24. The minimum absolute atomic E-state index is 0.626. The Morgan fingerprint density at radius 3 is 2.85 bits per heavy atom. The first kappa shape index (κ1) is 13.0. The predicted octanol–water partition coefficient (Wildman–Crippen LogP) is 4.28. The zero-order valence-electron chi connectivity index (χ0n) is 10.8. The number of hydrogen-bond acceptors (Lipinski definition) is 3. The minimum Gasteiger partial charge on any atom is -0.330 e. The van der Waals surface area contributed by atoms with E-state index in [4.69, 9.17) is 17.5 Å². The number of rotatable bonds is 2. The lowest BCUT2D eigenvalue weighted by Gasteiger charge is -2.06. The quantitative estimate of drug-likeness (QED) is 0.567. The summed E-state index contributed by atoms with van der Waals surface area (Å²) in [6.07, 6.45) is 2.04. The fourth-order valence-electron chi connectivity index (χ4n) is 2.18. The van der Waals surface area contributed by atoms with Crippen LogP contribution in [0.3, 0.4) is 0 Å². The first-order valence-electron chi connectivity index (χ1n) is 6.02. The van der Waals surface area contributed by atoms with Gasteiger partial charge in [0.2, 0.25) is 0 Å². The molecule has 3 nitrogen and oxygen atoms in total. The van der Waals surface area contributed by atoms with E-state index in [9.17, 15) is 0 Å². The molecule has 0 bridgehead atoms. The second-order valence-electron chi connectivity index (χ2n) is 4.31. The Morgan fingerprint density at radius 2 is 2.10 bits per heavy atom. The molecule has 0 atom stereocenters. The van der Waals surface area contributed by atoms with E-state index in [0.29, 0.717) is 10.3 Å². The molecular weight excluding hydrogens is 286 g/mol. The molecule has 0 radical (unpaired) electrons. The van der Waals surface area contributed by atoms with Crippen LogP contribution in [-0.2, 0) is 0 Å². The summed E-state index contributed by atoms with van der Waals surface area (Å²) in [5, 5.41) is 9.05. The molecule has 0 aliphatic carbocycles. The van der Waals surface area contributed by atoms with Gasteiger partial charge < -0.3 is 4.98 Å². The van der Waals surface area contributed by atoms with Gasteiger partial charge in [0.1, 0.15) is 0 Å². The van der Waals surface area contributed by atoms with Crippen molar-refractivity contribution in [3.8, 4) is 11.8 Å². The molecule has 3 aromatic rings. The van der Waals surface area contributed by atoms with Crippen LogP contribution in [0.2, 0.25) is 0 Å². The Kier molecular flexibility index (Phi) is 3.35. The molecular formula is C15H11N3S2. The number of nitrogens with zero attached hydrogens (tertiary/aromatic N) is 2. The van der Waals surface area contributed by atoms with Crippen molar-refractivity contribution in [3.63, 3.8) is 0 Å². The summed E-state index contributed by atoms with van der Waals surface area (Å²) in [5.74, 6) is 0. The number of H-pyrrole nitrogens is 1. The second-order valence-corrected chi connectivity index (χ2v) is 5.58. The van der Waals surface area contributed by atoms with Gasteiger partial charge in [-0.3, -0.25) is 4.57 Å². The number of hydrogen-bond donors (Lipinski definition) is 1. The fourth-order valence-corrected chi connectivity index (χ4v) is 2.95. The van der Waals surface area contributed by atoms with Crippen LogP contribution >= 0.6 is 24.0 Å². The van der Waals surface area contributed by atoms with Gasteiger partial charge in [0.25, 0.3) is 0 Å². The molecule has 0 amide bonds.